The molecule has 1 atom stereocenters. The van der Waals surface area contributed by atoms with Crippen LogP contribution in [0.1, 0.15) is 24.9 Å². The van der Waals surface area contributed by atoms with Crippen molar-refractivity contribution in [3.63, 3.8) is 0 Å². The number of aliphatic hydroxyl groups excluding tert-OH is 1. The molecule has 0 saturated heterocycles. The van der Waals surface area contributed by atoms with Gasteiger partial charge in [-0.3, -0.25) is 0 Å². The van der Waals surface area contributed by atoms with Crippen molar-refractivity contribution in [3.05, 3.63) is 60.2 Å². The fraction of sp³-hybridized carbons (Fsp3) is 0.294. The van der Waals surface area contributed by atoms with E-state index in [1.165, 1.54) is 5.56 Å². The van der Waals surface area contributed by atoms with Gasteiger partial charge >= 0.3 is 0 Å². The Kier molecular flexibility index (Phi) is 5.44. The minimum absolute atomic E-state index is 0.0336. The molecule has 3 heteroatoms. The summed E-state index contributed by atoms with van der Waals surface area (Å²) in [5.41, 5.74) is 2.35. The highest BCUT2D eigenvalue weighted by molar-refractivity contribution is 5.48. The first-order chi connectivity index (χ1) is 9.83. The Morgan fingerprint density at radius 2 is 1.75 bits per heavy atom. The molecule has 1 unspecified atom stereocenters. The highest BCUT2D eigenvalue weighted by Crippen LogP contribution is 2.23. The molecule has 0 fully saturated rings. The molecule has 2 rings (SSSR count). The molecular weight excluding hydrogens is 250 g/mol. The first-order valence-corrected chi connectivity index (χ1v) is 6.98. The van der Waals surface area contributed by atoms with Crippen LogP contribution in [-0.4, -0.2) is 18.3 Å². The van der Waals surface area contributed by atoms with E-state index in [9.17, 15) is 0 Å². The van der Waals surface area contributed by atoms with Crippen molar-refractivity contribution < 1.29 is 9.84 Å². The molecule has 2 aromatic carbocycles. The predicted molar refractivity (Wildman–Crippen MR) is 82.1 cm³/mol. The Morgan fingerprint density at radius 1 is 1.05 bits per heavy atom. The second-order valence-electron chi connectivity index (χ2n) is 4.61. The molecule has 2 aromatic rings. The maximum Gasteiger partial charge on any atom is 0.119 e. The van der Waals surface area contributed by atoms with Gasteiger partial charge in [-0.2, -0.15) is 0 Å². The molecule has 106 valence electrons. The number of hydrogen-bond donors (Lipinski definition) is 2. The van der Waals surface area contributed by atoms with Crippen LogP contribution in [0.2, 0.25) is 0 Å². The molecule has 0 aliphatic heterocycles. The molecule has 20 heavy (non-hydrogen) atoms. The number of hydrogen-bond acceptors (Lipinski definition) is 3. The fourth-order valence-corrected chi connectivity index (χ4v) is 2.12. The lowest BCUT2D eigenvalue weighted by Crippen LogP contribution is -2.09. The van der Waals surface area contributed by atoms with Crippen molar-refractivity contribution >= 4 is 5.69 Å². The summed E-state index contributed by atoms with van der Waals surface area (Å²) in [5.74, 6) is 0.775. The molecule has 0 heterocycles. The third-order valence-corrected chi connectivity index (χ3v) is 3.17. The smallest absolute Gasteiger partial charge is 0.119 e. The Balaban J connectivity index is 2.01. The number of aliphatic hydroxyl groups is 1. The first-order valence-electron chi connectivity index (χ1n) is 6.98. The van der Waals surface area contributed by atoms with Gasteiger partial charge in [0.2, 0.25) is 0 Å². The van der Waals surface area contributed by atoms with E-state index in [1.807, 2.05) is 30.3 Å². The van der Waals surface area contributed by atoms with Gasteiger partial charge in [0.05, 0.1) is 12.6 Å². The molecule has 2 N–H and O–H groups in total. The van der Waals surface area contributed by atoms with Gasteiger partial charge < -0.3 is 15.2 Å². The van der Waals surface area contributed by atoms with Crippen molar-refractivity contribution in [2.24, 2.45) is 0 Å². The van der Waals surface area contributed by atoms with Gasteiger partial charge in [0.15, 0.2) is 0 Å². The average Bonchev–Trinajstić information content (AvgIpc) is 2.52. The highest BCUT2D eigenvalue weighted by Gasteiger charge is 2.08. The second-order valence-corrected chi connectivity index (χ2v) is 4.61. The van der Waals surface area contributed by atoms with E-state index >= 15 is 0 Å². The highest BCUT2D eigenvalue weighted by atomic mass is 16.5. The summed E-state index contributed by atoms with van der Waals surface area (Å²) in [7, 11) is 0. The molecule has 0 bridgehead atoms. The van der Waals surface area contributed by atoms with Gasteiger partial charge in [-0.05, 0) is 36.2 Å². The van der Waals surface area contributed by atoms with Crippen LogP contribution in [0.5, 0.6) is 5.75 Å². The number of ether oxygens (including phenoxy) is 1. The molecule has 0 spiro atoms. The van der Waals surface area contributed by atoms with E-state index in [1.54, 1.807) is 0 Å². The summed E-state index contributed by atoms with van der Waals surface area (Å²) in [6, 6.07) is 18.6. The quantitative estimate of drug-likeness (QED) is 0.808. The third-order valence-electron chi connectivity index (χ3n) is 3.17. The minimum atomic E-state index is 0.0336. The van der Waals surface area contributed by atoms with E-state index in [-0.39, 0.29) is 6.61 Å². The molecule has 0 saturated carbocycles. The van der Waals surface area contributed by atoms with Crippen molar-refractivity contribution in [1.82, 2.24) is 0 Å². The Labute approximate surface area is 120 Å². The summed E-state index contributed by atoms with van der Waals surface area (Å²) in [4.78, 5) is 0. The van der Waals surface area contributed by atoms with Gasteiger partial charge in [-0.1, -0.05) is 37.3 Å². The van der Waals surface area contributed by atoms with Crippen molar-refractivity contribution in [2.75, 3.05) is 18.5 Å². The largest absolute Gasteiger partial charge is 0.491 e. The molecule has 3 nitrogen and oxygen atoms in total. The van der Waals surface area contributed by atoms with Gasteiger partial charge in [-0.15, -0.1) is 0 Å². The van der Waals surface area contributed by atoms with Crippen LogP contribution in [-0.2, 0) is 0 Å². The molecule has 0 aromatic heterocycles. The van der Waals surface area contributed by atoms with Crippen molar-refractivity contribution in [2.45, 2.75) is 19.4 Å². The van der Waals surface area contributed by atoms with E-state index in [4.69, 9.17) is 9.84 Å². The summed E-state index contributed by atoms with van der Waals surface area (Å²) in [5, 5.41) is 12.2. The van der Waals surface area contributed by atoms with Crippen LogP contribution in [0, 0.1) is 0 Å². The van der Waals surface area contributed by atoms with Gasteiger partial charge in [0.1, 0.15) is 12.4 Å². The van der Waals surface area contributed by atoms with Crippen LogP contribution in [0.15, 0.2) is 54.6 Å². The summed E-state index contributed by atoms with van der Waals surface area (Å²) in [6.07, 6.45) is 1.02. The maximum atomic E-state index is 8.72. The lowest BCUT2D eigenvalue weighted by molar-refractivity contribution is 0.201. The monoisotopic (exact) mass is 271 g/mol. The number of anilines is 1. The summed E-state index contributed by atoms with van der Waals surface area (Å²) in [6.45, 7) is 2.53. The van der Waals surface area contributed by atoms with Crippen LogP contribution in [0.25, 0.3) is 0 Å². The zero-order chi connectivity index (χ0) is 14.2. The van der Waals surface area contributed by atoms with E-state index < -0.39 is 0 Å². The van der Waals surface area contributed by atoms with Crippen molar-refractivity contribution in [3.8, 4) is 5.75 Å². The molecular formula is C17H21NO2. The number of rotatable bonds is 7. The third kappa shape index (κ3) is 4.00. The van der Waals surface area contributed by atoms with Crippen LogP contribution < -0.4 is 10.1 Å². The van der Waals surface area contributed by atoms with Gasteiger partial charge in [-0.25, -0.2) is 0 Å². The van der Waals surface area contributed by atoms with E-state index in [0.29, 0.717) is 12.6 Å². The van der Waals surface area contributed by atoms with Crippen LogP contribution >= 0.6 is 0 Å². The van der Waals surface area contributed by atoms with Gasteiger partial charge in [0.25, 0.3) is 0 Å². The van der Waals surface area contributed by atoms with Crippen LogP contribution in [0.3, 0.4) is 0 Å². The fourth-order valence-electron chi connectivity index (χ4n) is 2.12. The Morgan fingerprint density at radius 3 is 2.35 bits per heavy atom. The summed E-state index contributed by atoms with van der Waals surface area (Å²) < 4.78 is 5.35. The second kappa shape index (κ2) is 7.56. The maximum absolute atomic E-state index is 8.72. The summed E-state index contributed by atoms with van der Waals surface area (Å²) >= 11 is 0. The lowest BCUT2D eigenvalue weighted by Gasteiger charge is -2.19. The SMILES string of the molecule is CCC(Nc1ccc(OCCO)cc1)c1ccccc1. The molecule has 0 amide bonds. The van der Waals surface area contributed by atoms with E-state index in [2.05, 4.69) is 36.5 Å². The molecule has 0 aliphatic rings. The molecule has 0 radical (unpaired) electrons. The zero-order valence-corrected chi connectivity index (χ0v) is 11.8. The minimum Gasteiger partial charge on any atom is -0.491 e. The zero-order valence-electron chi connectivity index (χ0n) is 11.8. The number of benzene rings is 2. The van der Waals surface area contributed by atoms with Crippen LogP contribution in [0.4, 0.5) is 5.69 Å². The van der Waals surface area contributed by atoms with Crippen molar-refractivity contribution in [1.29, 1.82) is 0 Å². The standard InChI is InChI=1S/C17H21NO2/c1-2-17(14-6-4-3-5-7-14)18-15-8-10-16(11-9-15)20-13-12-19/h3-11,17-19H,2,12-13H2,1H3. The van der Waals surface area contributed by atoms with E-state index in [0.717, 1.165) is 17.9 Å². The first kappa shape index (κ1) is 14.4. The normalized spacial score (nSPS) is 11.9. The Hall–Kier alpha value is -2.00. The molecule has 0 aliphatic carbocycles. The topological polar surface area (TPSA) is 41.5 Å². The lowest BCUT2D eigenvalue weighted by atomic mass is 10.0. The average molecular weight is 271 g/mol. The number of nitrogens with one attached hydrogen (secondary N) is 1. The Bertz CT molecular complexity index is 496. The predicted octanol–water partition coefficient (Wildman–Crippen LogP) is 3.62. The van der Waals surface area contributed by atoms with Gasteiger partial charge in [0, 0.05) is 5.69 Å².